The first-order valence-corrected chi connectivity index (χ1v) is 12.5. The maximum atomic E-state index is 13.9. The van der Waals surface area contributed by atoms with Crippen molar-refractivity contribution in [2.45, 2.75) is 110 Å². The van der Waals surface area contributed by atoms with Crippen LogP contribution in [0.4, 0.5) is 8.78 Å². The predicted molar refractivity (Wildman–Crippen MR) is 128 cm³/mol. The molecule has 0 N–H and O–H groups in total. The summed E-state index contributed by atoms with van der Waals surface area (Å²) in [5.41, 5.74) is 1.93. The highest BCUT2D eigenvalue weighted by Crippen LogP contribution is 2.28. The molecule has 2 aromatic rings. The monoisotopic (exact) mass is 446 g/mol. The van der Waals surface area contributed by atoms with Gasteiger partial charge in [-0.15, -0.1) is 0 Å². The lowest BCUT2D eigenvalue weighted by Crippen LogP contribution is -2.24. The van der Waals surface area contributed by atoms with Crippen LogP contribution in [0.25, 0.3) is 11.4 Å². The van der Waals surface area contributed by atoms with E-state index in [0.717, 1.165) is 36.8 Å². The van der Waals surface area contributed by atoms with Crippen LogP contribution in [0.5, 0.6) is 5.75 Å². The third-order valence-electron chi connectivity index (χ3n) is 5.73. The van der Waals surface area contributed by atoms with Crippen LogP contribution in [0.1, 0.15) is 103 Å². The third kappa shape index (κ3) is 10.5. The summed E-state index contributed by atoms with van der Waals surface area (Å²) in [5.74, 6) is 0.763. The number of unbranched alkanes of at least 4 members (excludes halogenated alkanes) is 10. The van der Waals surface area contributed by atoms with Crippen molar-refractivity contribution >= 4 is 0 Å². The Morgan fingerprint density at radius 1 is 0.719 bits per heavy atom. The number of ether oxygens (including phenoxy) is 1. The summed E-state index contributed by atoms with van der Waals surface area (Å²) in [6.45, 7) is 4.24. The van der Waals surface area contributed by atoms with Crippen LogP contribution in [0.2, 0.25) is 0 Å². The number of alkyl halides is 2. The molecule has 0 spiro atoms. The summed E-state index contributed by atoms with van der Waals surface area (Å²) >= 11 is 0. The van der Waals surface area contributed by atoms with Crippen molar-refractivity contribution in [1.29, 1.82) is 0 Å². The number of aromatic nitrogens is 2. The second-order valence-corrected chi connectivity index (χ2v) is 8.71. The van der Waals surface area contributed by atoms with Gasteiger partial charge in [-0.05, 0) is 49.1 Å². The van der Waals surface area contributed by atoms with Gasteiger partial charge in [0.2, 0.25) is 0 Å². The van der Waals surface area contributed by atoms with E-state index in [-0.39, 0.29) is 12.2 Å². The largest absolute Gasteiger partial charge is 0.433 e. The van der Waals surface area contributed by atoms with E-state index < -0.39 is 6.11 Å². The number of nitrogens with zero attached hydrogens (tertiary/aromatic N) is 2. The molecule has 2 rings (SSSR count). The number of aryl methyl sites for hydroxylation is 1. The van der Waals surface area contributed by atoms with E-state index in [2.05, 4.69) is 16.9 Å². The quantitative estimate of drug-likeness (QED) is 0.228. The molecule has 32 heavy (non-hydrogen) atoms. The van der Waals surface area contributed by atoms with Crippen LogP contribution in [-0.2, 0) is 6.42 Å². The van der Waals surface area contributed by atoms with Crippen molar-refractivity contribution in [3.63, 3.8) is 0 Å². The van der Waals surface area contributed by atoms with Crippen molar-refractivity contribution < 1.29 is 13.5 Å². The average Bonchev–Trinajstić information content (AvgIpc) is 2.79. The highest BCUT2D eigenvalue weighted by Gasteiger charge is 2.30. The van der Waals surface area contributed by atoms with Crippen LogP contribution in [-0.4, -0.2) is 16.1 Å². The normalized spacial score (nSPS) is 11.6. The first-order chi connectivity index (χ1) is 15.5. The summed E-state index contributed by atoms with van der Waals surface area (Å²) in [6.07, 6.45) is 15.3. The number of hydrogen-bond acceptors (Lipinski definition) is 3. The van der Waals surface area contributed by atoms with Gasteiger partial charge in [0.1, 0.15) is 5.75 Å². The van der Waals surface area contributed by atoms with Crippen LogP contribution in [0.3, 0.4) is 0 Å². The average molecular weight is 447 g/mol. The van der Waals surface area contributed by atoms with Gasteiger partial charge in [0.05, 0.1) is 6.42 Å². The van der Waals surface area contributed by atoms with E-state index >= 15 is 0 Å². The Labute approximate surface area is 193 Å². The maximum absolute atomic E-state index is 13.9. The SMILES string of the molecule is CCCCCCCCCCCc1cnc(-c2ccc(OC(F)(F)CCCCC)cc2)nc1. The molecule has 5 heteroatoms. The molecule has 0 radical (unpaired) electrons. The number of benzene rings is 1. The summed E-state index contributed by atoms with van der Waals surface area (Å²) < 4.78 is 32.7. The minimum absolute atomic E-state index is 0.164. The van der Waals surface area contributed by atoms with Gasteiger partial charge in [-0.25, -0.2) is 9.97 Å². The van der Waals surface area contributed by atoms with E-state index in [1.165, 1.54) is 51.4 Å². The second kappa shape index (κ2) is 14.9. The van der Waals surface area contributed by atoms with Gasteiger partial charge in [-0.3, -0.25) is 0 Å². The molecule has 0 aliphatic carbocycles. The molecule has 178 valence electrons. The molecular formula is C27H40F2N2O. The molecule has 0 bridgehead atoms. The van der Waals surface area contributed by atoms with Gasteiger partial charge in [0.25, 0.3) is 0 Å². The molecule has 0 atom stereocenters. The zero-order valence-electron chi connectivity index (χ0n) is 19.9. The first-order valence-electron chi connectivity index (χ1n) is 12.5. The van der Waals surface area contributed by atoms with E-state index in [0.29, 0.717) is 12.2 Å². The molecule has 0 saturated carbocycles. The summed E-state index contributed by atoms with van der Waals surface area (Å²) in [7, 11) is 0. The zero-order chi connectivity index (χ0) is 23.1. The topological polar surface area (TPSA) is 35.0 Å². The van der Waals surface area contributed by atoms with Crippen molar-refractivity contribution in [2.75, 3.05) is 0 Å². The lowest BCUT2D eigenvalue weighted by atomic mass is 10.1. The Hall–Kier alpha value is -2.04. The zero-order valence-corrected chi connectivity index (χ0v) is 19.9. The Balaban J connectivity index is 1.72. The lowest BCUT2D eigenvalue weighted by molar-refractivity contribution is -0.181. The van der Waals surface area contributed by atoms with E-state index in [1.807, 2.05) is 19.3 Å². The van der Waals surface area contributed by atoms with Gasteiger partial charge in [0.15, 0.2) is 5.82 Å². The Bertz CT molecular complexity index is 732. The van der Waals surface area contributed by atoms with Crippen LogP contribution >= 0.6 is 0 Å². The summed E-state index contributed by atoms with van der Waals surface area (Å²) in [6, 6.07) is 6.57. The van der Waals surface area contributed by atoms with Gasteiger partial charge in [-0.1, -0.05) is 78.1 Å². The molecule has 3 nitrogen and oxygen atoms in total. The van der Waals surface area contributed by atoms with Gasteiger partial charge in [0, 0.05) is 18.0 Å². The second-order valence-electron chi connectivity index (χ2n) is 8.71. The number of hydrogen-bond donors (Lipinski definition) is 0. The molecule has 0 unspecified atom stereocenters. The van der Waals surface area contributed by atoms with E-state index in [4.69, 9.17) is 4.74 Å². The van der Waals surface area contributed by atoms with Crippen LogP contribution < -0.4 is 4.74 Å². The van der Waals surface area contributed by atoms with Crippen molar-refractivity contribution in [2.24, 2.45) is 0 Å². The minimum Gasteiger partial charge on any atom is -0.433 e. The van der Waals surface area contributed by atoms with Crippen LogP contribution in [0.15, 0.2) is 36.7 Å². The highest BCUT2D eigenvalue weighted by molar-refractivity contribution is 5.55. The molecule has 0 aliphatic heterocycles. The Morgan fingerprint density at radius 2 is 1.25 bits per heavy atom. The smallest absolute Gasteiger partial charge is 0.397 e. The van der Waals surface area contributed by atoms with Crippen molar-refractivity contribution in [1.82, 2.24) is 9.97 Å². The lowest BCUT2D eigenvalue weighted by Gasteiger charge is -2.18. The van der Waals surface area contributed by atoms with Crippen molar-refractivity contribution in [3.8, 4) is 17.1 Å². The number of rotatable bonds is 17. The fourth-order valence-electron chi connectivity index (χ4n) is 3.75. The molecular weight excluding hydrogens is 406 g/mol. The fraction of sp³-hybridized carbons (Fsp3) is 0.630. The fourth-order valence-corrected chi connectivity index (χ4v) is 3.75. The highest BCUT2D eigenvalue weighted by atomic mass is 19.3. The van der Waals surface area contributed by atoms with E-state index in [1.54, 1.807) is 24.3 Å². The third-order valence-corrected chi connectivity index (χ3v) is 5.73. The van der Waals surface area contributed by atoms with E-state index in [9.17, 15) is 8.78 Å². The Morgan fingerprint density at radius 3 is 1.84 bits per heavy atom. The first kappa shape index (κ1) is 26.2. The molecule has 1 aromatic carbocycles. The summed E-state index contributed by atoms with van der Waals surface area (Å²) in [4.78, 5) is 8.92. The predicted octanol–water partition coefficient (Wildman–Crippen LogP) is 8.77. The Kier molecular flexibility index (Phi) is 12.2. The standard InChI is InChI=1S/C27H40F2N2O/c1-3-5-7-8-9-10-11-12-13-15-23-21-30-26(31-22-23)24-16-18-25(19-17-24)32-27(28,29)20-14-6-4-2/h16-19,21-22H,3-15,20H2,1-2H3. The molecule has 0 amide bonds. The van der Waals surface area contributed by atoms with Crippen LogP contribution in [0, 0.1) is 0 Å². The maximum Gasteiger partial charge on any atom is 0.397 e. The molecule has 0 fully saturated rings. The number of halogens is 2. The summed E-state index contributed by atoms with van der Waals surface area (Å²) in [5, 5.41) is 0. The minimum atomic E-state index is -3.14. The van der Waals surface area contributed by atoms with Gasteiger partial charge < -0.3 is 4.74 Å². The molecule has 0 saturated heterocycles. The van der Waals surface area contributed by atoms with Gasteiger partial charge >= 0.3 is 6.11 Å². The molecule has 0 aliphatic rings. The van der Waals surface area contributed by atoms with Gasteiger partial charge in [-0.2, -0.15) is 8.78 Å². The van der Waals surface area contributed by atoms with Crippen molar-refractivity contribution in [3.05, 3.63) is 42.2 Å². The molecule has 1 aromatic heterocycles. The molecule has 1 heterocycles.